The van der Waals surface area contributed by atoms with Crippen molar-refractivity contribution in [2.75, 3.05) is 18.4 Å². The van der Waals surface area contributed by atoms with Gasteiger partial charge in [0.05, 0.1) is 17.1 Å². The number of hydrogen-bond acceptors (Lipinski definition) is 8. The van der Waals surface area contributed by atoms with Crippen molar-refractivity contribution in [3.8, 4) is 17.7 Å². The maximum atomic E-state index is 9.24. The molecule has 34 heavy (non-hydrogen) atoms. The van der Waals surface area contributed by atoms with E-state index in [1.165, 1.54) is 5.56 Å². The SMILES string of the molecule is Cc1cc(C#N)cc(C)c1Oc1nc(NC2CCN(Cc3ccncc3)CC2)nc2ccsc12. The van der Waals surface area contributed by atoms with Crippen LogP contribution in [0.4, 0.5) is 5.95 Å². The molecule has 1 aromatic carbocycles. The molecule has 0 amide bonds. The molecule has 5 rings (SSSR count). The maximum absolute atomic E-state index is 9.24. The molecule has 4 aromatic rings. The predicted octanol–water partition coefficient (Wildman–Crippen LogP) is 5.44. The summed E-state index contributed by atoms with van der Waals surface area (Å²) in [5.41, 5.74) is 4.62. The van der Waals surface area contributed by atoms with E-state index in [-0.39, 0.29) is 0 Å². The van der Waals surface area contributed by atoms with Gasteiger partial charge in [-0.3, -0.25) is 9.88 Å². The fourth-order valence-corrected chi connectivity index (χ4v) is 5.16. The number of nitrogens with one attached hydrogen (secondary N) is 1. The van der Waals surface area contributed by atoms with Crippen LogP contribution < -0.4 is 10.1 Å². The van der Waals surface area contributed by atoms with Crippen LogP contribution in [-0.4, -0.2) is 39.0 Å². The van der Waals surface area contributed by atoms with E-state index in [0.717, 1.165) is 59.6 Å². The quantitative estimate of drug-likeness (QED) is 0.401. The molecule has 1 aliphatic rings. The number of thiophene rings is 1. The standard InChI is InChI=1S/C26H26N6OS/c1-17-13-20(15-27)14-18(2)23(17)33-25-24-22(7-12-34-24)30-26(31-25)29-21-5-10-32(11-6-21)16-19-3-8-28-9-4-19/h3-4,7-9,12-14,21H,5-6,10-11,16H2,1-2H3,(H,29,30,31). The number of pyridine rings is 1. The van der Waals surface area contributed by atoms with Gasteiger partial charge in [-0.05, 0) is 79.1 Å². The molecule has 0 unspecified atom stereocenters. The molecule has 0 saturated carbocycles. The summed E-state index contributed by atoms with van der Waals surface area (Å²) in [5, 5.41) is 14.8. The molecule has 1 fully saturated rings. The lowest BCUT2D eigenvalue weighted by Gasteiger charge is -2.32. The summed E-state index contributed by atoms with van der Waals surface area (Å²) in [5.74, 6) is 1.88. The highest BCUT2D eigenvalue weighted by atomic mass is 32.1. The first-order valence-electron chi connectivity index (χ1n) is 11.4. The average Bonchev–Trinajstić information content (AvgIpc) is 3.32. The Hall–Kier alpha value is -3.54. The summed E-state index contributed by atoms with van der Waals surface area (Å²) < 4.78 is 7.24. The average molecular weight is 471 g/mol. The number of ether oxygens (including phenoxy) is 1. The minimum atomic E-state index is 0.316. The van der Waals surface area contributed by atoms with Gasteiger partial charge in [0.1, 0.15) is 10.4 Å². The first kappa shape index (κ1) is 22.3. The van der Waals surface area contributed by atoms with Crippen molar-refractivity contribution in [1.29, 1.82) is 5.26 Å². The van der Waals surface area contributed by atoms with Crippen LogP contribution in [0, 0.1) is 25.2 Å². The number of piperidine rings is 1. The summed E-state index contributed by atoms with van der Waals surface area (Å²) in [4.78, 5) is 16.1. The number of fused-ring (bicyclic) bond motifs is 1. The van der Waals surface area contributed by atoms with Crippen molar-refractivity contribution < 1.29 is 4.74 Å². The number of anilines is 1. The molecule has 0 bridgehead atoms. The zero-order valence-corrected chi connectivity index (χ0v) is 20.1. The Kier molecular flexibility index (Phi) is 6.39. The van der Waals surface area contributed by atoms with Gasteiger partial charge in [-0.2, -0.15) is 10.2 Å². The van der Waals surface area contributed by atoms with E-state index in [9.17, 15) is 5.26 Å². The predicted molar refractivity (Wildman–Crippen MR) is 134 cm³/mol. The van der Waals surface area contributed by atoms with E-state index < -0.39 is 0 Å². The fourth-order valence-electron chi connectivity index (χ4n) is 4.41. The van der Waals surface area contributed by atoms with Crippen molar-refractivity contribution in [2.45, 2.75) is 39.3 Å². The normalized spacial score (nSPS) is 14.7. The third-order valence-corrected chi connectivity index (χ3v) is 7.03. The van der Waals surface area contributed by atoms with Crippen molar-refractivity contribution in [3.05, 3.63) is 70.4 Å². The van der Waals surface area contributed by atoms with E-state index in [1.807, 2.05) is 49.8 Å². The number of aryl methyl sites for hydroxylation is 2. The zero-order valence-electron chi connectivity index (χ0n) is 19.3. The largest absolute Gasteiger partial charge is 0.437 e. The molecule has 7 nitrogen and oxygen atoms in total. The van der Waals surface area contributed by atoms with Crippen LogP contribution in [0.3, 0.4) is 0 Å². The molecule has 0 radical (unpaired) electrons. The van der Waals surface area contributed by atoms with Crippen molar-refractivity contribution >= 4 is 27.5 Å². The van der Waals surface area contributed by atoms with Crippen LogP contribution >= 0.6 is 11.3 Å². The first-order valence-corrected chi connectivity index (χ1v) is 12.3. The second kappa shape index (κ2) is 9.75. The third kappa shape index (κ3) is 4.86. The molecule has 0 aliphatic carbocycles. The second-order valence-corrected chi connectivity index (χ2v) is 9.61. The van der Waals surface area contributed by atoms with Crippen molar-refractivity contribution in [2.24, 2.45) is 0 Å². The smallest absolute Gasteiger partial charge is 0.242 e. The molecular weight excluding hydrogens is 444 g/mol. The Balaban J connectivity index is 1.31. The van der Waals surface area contributed by atoms with Crippen LogP contribution in [0.15, 0.2) is 48.1 Å². The molecular formula is C26H26N6OS. The van der Waals surface area contributed by atoms with Gasteiger partial charge in [0.25, 0.3) is 0 Å². The van der Waals surface area contributed by atoms with E-state index >= 15 is 0 Å². The summed E-state index contributed by atoms with van der Waals surface area (Å²) >= 11 is 1.57. The van der Waals surface area contributed by atoms with Gasteiger partial charge in [0, 0.05) is 38.1 Å². The minimum Gasteiger partial charge on any atom is -0.437 e. The van der Waals surface area contributed by atoms with Crippen LogP contribution in [0.5, 0.6) is 11.6 Å². The molecule has 1 aliphatic heterocycles. The molecule has 3 aromatic heterocycles. The van der Waals surface area contributed by atoms with Gasteiger partial charge in [-0.15, -0.1) is 11.3 Å². The Labute approximate surface area is 203 Å². The minimum absolute atomic E-state index is 0.316. The van der Waals surface area contributed by atoms with Crippen LogP contribution in [0.25, 0.3) is 10.2 Å². The number of likely N-dealkylation sites (tertiary alicyclic amines) is 1. The third-order valence-electron chi connectivity index (χ3n) is 6.14. The van der Waals surface area contributed by atoms with Crippen LogP contribution in [-0.2, 0) is 6.54 Å². The van der Waals surface area contributed by atoms with E-state index in [1.54, 1.807) is 11.3 Å². The Morgan fingerprint density at radius 2 is 1.85 bits per heavy atom. The summed E-state index contributed by atoms with van der Waals surface area (Å²) in [6, 6.07) is 12.3. The molecule has 1 saturated heterocycles. The number of hydrogen-bond donors (Lipinski definition) is 1. The Bertz CT molecular complexity index is 1320. The lowest BCUT2D eigenvalue weighted by atomic mass is 10.0. The molecule has 172 valence electrons. The number of aromatic nitrogens is 3. The van der Waals surface area contributed by atoms with Crippen molar-refractivity contribution in [3.63, 3.8) is 0 Å². The molecule has 8 heteroatoms. The maximum Gasteiger partial charge on any atom is 0.242 e. The number of nitrogens with zero attached hydrogens (tertiary/aromatic N) is 5. The summed E-state index contributed by atoms with van der Waals surface area (Å²) in [7, 11) is 0. The van der Waals surface area contributed by atoms with Gasteiger partial charge in [0.15, 0.2) is 0 Å². The second-order valence-electron chi connectivity index (χ2n) is 8.69. The van der Waals surface area contributed by atoms with Crippen molar-refractivity contribution in [1.82, 2.24) is 19.9 Å². The molecule has 4 heterocycles. The highest BCUT2D eigenvalue weighted by molar-refractivity contribution is 7.17. The van der Waals surface area contributed by atoms with Gasteiger partial charge in [-0.25, -0.2) is 4.98 Å². The van der Waals surface area contributed by atoms with Gasteiger partial charge in [0.2, 0.25) is 11.8 Å². The summed E-state index contributed by atoms with van der Waals surface area (Å²) in [6.45, 7) is 6.90. The van der Waals surface area contributed by atoms with Crippen LogP contribution in [0.1, 0.15) is 35.1 Å². The fraction of sp³-hybridized carbons (Fsp3) is 0.308. The summed E-state index contributed by atoms with van der Waals surface area (Å²) in [6.07, 6.45) is 5.75. The Morgan fingerprint density at radius 1 is 1.12 bits per heavy atom. The van der Waals surface area contributed by atoms with Gasteiger partial charge >= 0.3 is 0 Å². The van der Waals surface area contributed by atoms with E-state index in [0.29, 0.717) is 23.4 Å². The van der Waals surface area contributed by atoms with E-state index in [2.05, 4.69) is 33.4 Å². The van der Waals surface area contributed by atoms with Gasteiger partial charge < -0.3 is 10.1 Å². The van der Waals surface area contributed by atoms with Gasteiger partial charge in [-0.1, -0.05) is 0 Å². The lowest BCUT2D eigenvalue weighted by molar-refractivity contribution is 0.211. The molecule has 0 spiro atoms. The highest BCUT2D eigenvalue weighted by Gasteiger charge is 2.21. The zero-order chi connectivity index (χ0) is 23.5. The van der Waals surface area contributed by atoms with E-state index in [4.69, 9.17) is 14.7 Å². The topological polar surface area (TPSA) is 87.0 Å². The Morgan fingerprint density at radius 3 is 2.56 bits per heavy atom. The lowest BCUT2D eigenvalue weighted by Crippen LogP contribution is -2.39. The number of nitriles is 1. The first-order chi connectivity index (χ1) is 16.6. The monoisotopic (exact) mass is 470 g/mol. The highest BCUT2D eigenvalue weighted by Crippen LogP contribution is 2.35. The number of rotatable bonds is 6. The number of benzene rings is 1. The van der Waals surface area contributed by atoms with Crippen LogP contribution in [0.2, 0.25) is 0 Å². The molecule has 1 N–H and O–H groups in total. The molecule has 0 atom stereocenters.